The highest BCUT2D eigenvalue weighted by Gasteiger charge is 2.11. The minimum absolute atomic E-state index is 0.0146. The molecule has 30 heavy (non-hydrogen) atoms. The van der Waals surface area contributed by atoms with Crippen molar-refractivity contribution < 1.29 is 4.79 Å². The maximum atomic E-state index is 12.2. The molecule has 158 valence electrons. The second-order valence-corrected chi connectivity index (χ2v) is 8.17. The molecule has 0 aliphatic rings. The van der Waals surface area contributed by atoms with Gasteiger partial charge >= 0.3 is 0 Å². The maximum absolute atomic E-state index is 12.2. The van der Waals surface area contributed by atoms with E-state index in [0.29, 0.717) is 16.7 Å². The van der Waals surface area contributed by atoms with Gasteiger partial charge in [0.2, 0.25) is 5.91 Å². The zero-order chi connectivity index (χ0) is 21.3. The summed E-state index contributed by atoms with van der Waals surface area (Å²) in [6.07, 6.45) is 2.52. The molecule has 3 rings (SSSR count). The Bertz CT molecular complexity index is 963. The van der Waals surface area contributed by atoms with Gasteiger partial charge in [-0.3, -0.25) is 9.36 Å². The Labute approximate surface area is 186 Å². The average Bonchev–Trinajstić information content (AvgIpc) is 3.23. The molecule has 0 spiro atoms. The van der Waals surface area contributed by atoms with Crippen molar-refractivity contribution in [3.05, 3.63) is 65.4 Å². The normalized spacial score (nSPS) is 10.8. The van der Waals surface area contributed by atoms with Crippen LogP contribution < -0.4 is 10.2 Å². The summed E-state index contributed by atoms with van der Waals surface area (Å²) in [5.41, 5.74) is 3.09. The van der Waals surface area contributed by atoms with E-state index in [1.807, 2.05) is 47.9 Å². The van der Waals surface area contributed by atoms with Crippen LogP contribution in [-0.2, 0) is 4.79 Å². The van der Waals surface area contributed by atoms with E-state index < -0.39 is 0 Å². The fourth-order valence-corrected chi connectivity index (χ4v) is 3.95. The first-order valence-electron chi connectivity index (χ1n) is 9.94. The Hall–Kier alpha value is -2.51. The van der Waals surface area contributed by atoms with E-state index >= 15 is 0 Å². The summed E-state index contributed by atoms with van der Waals surface area (Å²) in [4.78, 5) is 14.5. The molecule has 1 aromatic heterocycles. The lowest BCUT2D eigenvalue weighted by atomic mass is 10.2. The van der Waals surface area contributed by atoms with E-state index in [2.05, 4.69) is 39.5 Å². The van der Waals surface area contributed by atoms with Crippen molar-refractivity contribution in [2.24, 2.45) is 0 Å². The largest absolute Gasteiger partial charge is 0.372 e. The fraction of sp³-hybridized carbons (Fsp3) is 0.318. The number of rotatable bonds is 10. The summed E-state index contributed by atoms with van der Waals surface area (Å²) in [6.45, 7) is 6.57. The number of benzene rings is 2. The van der Waals surface area contributed by atoms with Crippen LogP contribution in [0.25, 0.3) is 5.69 Å². The average molecular weight is 444 g/mol. The minimum Gasteiger partial charge on any atom is -0.372 e. The van der Waals surface area contributed by atoms with E-state index in [1.54, 1.807) is 6.33 Å². The first kappa shape index (κ1) is 22.2. The third-order valence-corrected chi connectivity index (χ3v) is 6.06. The fourth-order valence-electron chi connectivity index (χ4n) is 3.02. The molecule has 0 bridgehead atoms. The van der Waals surface area contributed by atoms with Crippen molar-refractivity contribution in [2.75, 3.05) is 30.3 Å². The number of nitrogens with one attached hydrogen (secondary N) is 1. The van der Waals surface area contributed by atoms with E-state index in [-0.39, 0.29) is 11.7 Å². The van der Waals surface area contributed by atoms with Crippen LogP contribution in [0, 0.1) is 6.92 Å². The molecule has 0 aliphatic heterocycles. The molecular formula is C22H26ClN5OS. The Morgan fingerprint density at radius 1 is 1.23 bits per heavy atom. The van der Waals surface area contributed by atoms with E-state index in [0.717, 1.165) is 30.8 Å². The van der Waals surface area contributed by atoms with Crippen molar-refractivity contribution in [1.29, 1.82) is 0 Å². The molecule has 1 heterocycles. The molecule has 0 unspecified atom stereocenters. The quantitative estimate of drug-likeness (QED) is 0.372. The smallest absolute Gasteiger partial charge is 0.230 e. The number of aromatic nitrogens is 3. The molecule has 2 aromatic carbocycles. The molecule has 0 aliphatic carbocycles. The van der Waals surface area contributed by atoms with Crippen molar-refractivity contribution in [2.45, 2.75) is 25.4 Å². The number of carbonyl (C=O) groups excluding carboxylic acids is 1. The minimum atomic E-state index is -0.0146. The molecule has 1 amide bonds. The molecule has 0 fully saturated rings. The summed E-state index contributed by atoms with van der Waals surface area (Å²) in [5, 5.41) is 12.4. The van der Waals surface area contributed by atoms with Crippen molar-refractivity contribution in [3.8, 4) is 5.69 Å². The molecule has 0 saturated heterocycles. The molecule has 8 heteroatoms. The first-order chi connectivity index (χ1) is 14.6. The zero-order valence-electron chi connectivity index (χ0n) is 17.2. The first-order valence-corrected chi connectivity index (χ1v) is 11.3. The summed E-state index contributed by atoms with van der Waals surface area (Å²) in [7, 11) is 0. The number of hydrogen-bond donors (Lipinski definition) is 1. The second-order valence-electron chi connectivity index (χ2n) is 6.82. The van der Waals surface area contributed by atoms with Crippen molar-refractivity contribution in [1.82, 2.24) is 20.1 Å². The predicted molar refractivity (Wildman–Crippen MR) is 124 cm³/mol. The van der Waals surface area contributed by atoms with E-state index in [4.69, 9.17) is 11.6 Å². The van der Waals surface area contributed by atoms with Crippen LogP contribution in [0.4, 0.5) is 5.69 Å². The molecular weight excluding hydrogens is 418 g/mol. The highest BCUT2D eigenvalue weighted by atomic mass is 35.5. The van der Waals surface area contributed by atoms with Gasteiger partial charge < -0.3 is 10.2 Å². The molecule has 3 aromatic rings. The number of hydrogen-bond acceptors (Lipinski definition) is 5. The van der Waals surface area contributed by atoms with Gasteiger partial charge in [0.15, 0.2) is 5.16 Å². The van der Waals surface area contributed by atoms with Gasteiger partial charge in [0.1, 0.15) is 6.33 Å². The standard InChI is InChI=1S/C22H26ClN5OS/c1-3-27(18-8-5-4-6-9-18)13-7-12-24-21(29)15-30-22-26-25-16-28(22)19-11-10-17(2)20(23)14-19/h4-6,8-11,14,16H,3,7,12-13,15H2,1-2H3,(H,24,29). The number of thioether (sulfide) groups is 1. The highest BCUT2D eigenvalue weighted by Crippen LogP contribution is 2.23. The van der Waals surface area contributed by atoms with Crippen LogP contribution in [0.15, 0.2) is 60.0 Å². The number of nitrogens with zero attached hydrogens (tertiary/aromatic N) is 4. The molecule has 0 radical (unpaired) electrons. The lowest BCUT2D eigenvalue weighted by Gasteiger charge is -2.23. The van der Waals surface area contributed by atoms with E-state index in [1.165, 1.54) is 17.4 Å². The Morgan fingerprint density at radius 2 is 2.03 bits per heavy atom. The Morgan fingerprint density at radius 3 is 2.77 bits per heavy atom. The van der Waals surface area contributed by atoms with Gasteiger partial charge in [-0.2, -0.15) is 0 Å². The summed E-state index contributed by atoms with van der Waals surface area (Å²) >= 11 is 7.58. The van der Waals surface area contributed by atoms with E-state index in [9.17, 15) is 4.79 Å². The van der Waals surface area contributed by atoms with Gasteiger partial charge in [-0.05, 0) is 50.1 Å². The monoisotopic (exact) mass is 443 g/mol. The second kappa shape index (κ2) is 11.0. The third kappa shape index (κ3) is 6.00. The predicted octanol–water partition coefficient (Wildman–Crippen LogP) is 4.35. The molecule has 0 atom stereocenters. The van der Waals surface area contributed by atoms with Gasteiger partial charge in [0.25, 0.3) is 0 Å². The number of para-hydroxylation sites is 1. The van der Waals surface area contributed by atoms with Crippen LogP contribution in [0.1, 0.15) is 18.9 Å². The maximum Gasteiger partial charge on any atom is 0.230 e. The third-order valence-electron chi connectivity index (χ3n) is 4.71. The summed E-state index contributed by atoms with van der Waals surface area (Å²) in [6, 6.07) is 16.1. The van der Waals surface area contributed by atoms with Crippen LogP contribution in [0.2, 0.25) is 5.02 Å². The van der Waals surface area contributed by atoms with Crippen LogP contribution in [0.5, 0.6) is 0 Å². The number of aryl methyl sites for hydroxylation is 1. The van der Waals surface area contributed by atoms with Crippen molar-refractivity contribution >= 4 is 35.0 Å². The molecule has 6 nitrogen and oxygen atoms in total. The molecule has 0 saturated carbocycles. The van der Waals surface area contributed by atoms with Crippen molar-refractivity contribution in [3.63, 3.8) is 0 Å². The van der Waals surface area contributed by atoms with Crippen LogP contribution >= 0.6 is 23.4 Å². The Balaban J connectivity index is 1.44. The SMILES string of the molecule is CCN(CCCNC(=O)CSc1nncn1-c1ccc(C)c(Cl)c1)c1ccccc1. The van der Waals surface area contributed by atoms with Crippen LogP contribution in [-0.4, -0.2) is 46.1 Å². The summed E-state index contributed by atoms with van der Waals surface area (Å²) < 4.78 is 1.84. The lowest BCUT2D eigenvalue weighted by molar-refractivity contribution is -0.118. The molecule has 1 N–H and O–H groups in total. The Kier molecular flexibility index (Phi) is 8.16. The van der Waals surface area contributed by atoms with Gasteiger partial charge in [-0.15, -0.1) is 10.2 Å². The number of halogens is 1. The van der Waals surface area contributed by atoms with Gasteiger partial charge in [0, 0.05) is 30.3 Å². The highest BCUT2D eigenvalue weighted by molar-refractivity contribution is 7.99. The van der Waals surface area contributed by atoms with Gasteiger partial charge in [-0.1, -0.05) is 47.6 Å². The number of carbonyl (C=O) groups is 1. The van der Waals surface area contributed by atoms with Gasteiger partial charge in [-0.25, -0.2) is 0 Å². The zero-order valence-corrected chi connectivity index (χ0v) is 18.8. The lowest BCUT2D eigenvalue weighted by Crippen LogP contribution is -2.30. The van der Waals surface area contributed by atoms with Gasteiger partial charge in [0.05, 0.1) is 11.4 Å². The number of anilines is 1. The topological polar surface area (TPSA) is 63.1 Å². The number of amides is 1. The van der Waals surface area contributed by atoms with Crippen LogP contribution in [0.3, 0.4) is 0 Å². The summed E-state index contributed by atoms with van der Waals surface area (Å²) in [5.74, 6) is 0.272.